The van der Waals surface area contributed by atoms with E-state index in [2.05, 4.69) is 9.80 Å². The minimum absolute atomic E-state index is 0.0232. The minimum Gasteiger partial charge on any atom is -0.492 e. The fraction of sp³-hybridized carbons (Fsp3) is 0.619. The predicted molar refractivity (Wildman–Crippen MR) is 106 cm³/mol. The number of unbranched alkanes of at least 4 members (excludes halogenated alkanes) is 2. The van der Waals surface area contributed by atoms with Crippen LogP contribution in [0.5, 0.6) is 5.75 Å². The Morgan fingerprint density at radius 3 is 2.32 bits per heavy atom. The first-order chi connectivity index (χ1) is 13.6. The van der Waals surface area contributed by atoms with Gasteiger partial charge in [-0.3, -0.25) is 19.4 Å². The Kier molecular flexibility index (Phi) is 7.25. The molecule has 0 aliphatic carbocycles. The van der Waals surface area contributed by atoms with Crippen LogP contribution in [-0.2, 0) is 9.59 Å². The van der Waals surface area contributed by atoms with E-state index in [0.717, 1.165) is 63.4 Å². The molecule has 1 aromatic carbocycles. The third-order valence-corrected chi connectivity index (χ3v) is 5.44. The van der Waals surface area contributed by atoms with Crippen LogP contribution in [0.3, 0.4) is 0 Å². The molecule has 2 heterocycles. The van der Waals surface area contributed by atoms with Crippen LogP contribution in [0.15, 0.2) is 18.2 Å². The summed E-state index contributed by atoms with van der Waals surface area (Å²) in [5.41, 5.74) is 0.835. The minimum atomic E-state index is -0.240. The molecule has 0 unspecified atom stereocenters. The highest BCUT2D eigenvalue weighted by atomic mass is 19.1. The molecule has 0 radical (unpaired) electrons. The van der Waals surface area contributed by atoms with Gasteiger partial charge in [0.15, 0.2) is 0 Å². The van der Waals surface area contributed by atoms with Crippen LogP contribution >= 0.6 is 0 Å². The van der Waals surface area contributed by atoms with Gasteiger partial charge < -0.3 is 9.64 Å². The molecule has 3 rings (SSSR count). The zero-order valence-electron chi connectivity index (χ0n) is 16.7. The van der Waals surface area contributed by atoms with Gasteiger partial charge in [0.25, 0.3) is 0 Å². The highest BCUT2D eigenvalue weighted by Gasteiger charge is 2.28. The van der Waals surface area contributed by atoms with Crippen molar-refractivity contribution >= 4 is 17.5 Å². The van der Waals surface area contributed by atoms with E-state index in [1.165, 1.54) is 11.0 Å². The van der Waals surface area contributed by atoms with Gasteiger partial charge >= 0.3 is 0 Å². The van der Waals surface area contributed by atoms with Crippen LogP contribution in [-0.4, -0.2) is 67.5 Å². The first-order valence-corrected chi connectivity index (χ1v) is 10.3. The molecule has 154 valence electrons. The zero-order valence-corrected chi connectivity index (χ0v) is 16.7. The maximum absolute atomic E-state index is 13.7. The lowest BCUT2D eigenvalue weighted by molar-refractivity contribution is -0.138. The van der Waals surface area contributed by atoms with Gasteiger partial charge in [-0.15, -0.1) is 0 Å². The maximum atomic E-state index is 13.7. The molecular formula is C21H30FN3O3. The molecule has 2 aliphatic heterocycles. The lowest BCUT2D eigenvalue weighted by Crippen LogP contribution is -2.46. The molecule has 7 heteroatoms. The van der Waals surface area contributed by atoms with Crippen molar-refractivity contribution in [3.63, 3.8) is 0 Å². The molecule has 0 saturated carbocycles. The summed E-state index contributed by atoms with van der Waals surface area (Å²) in [7, 11) is 0. The first kappa shape index (κ1) is 20.6. The largest absolute Gasteiger partial charge is 0.492 e. The Bertz CT molecular complexity index is 673. The average Bonchev–Trinajstić information content (AvgIpc) is 3.02. The van der Waals surface area contributed by atoms with Crippen LogP contribution in [0.25, 0.3) is 0 Å². The number of imide groups is 1. The zero-order chi connectivity index (χ0) is 19.9. The van der Waals surface area contributed by atoms with Gasteiger partial charge in [0.05, 0.1) is 12.3 Å². The van der Waals surface area contributed by atoms with E-state index in [9.17, 15) is 14.0 Å². The number of benzene rings is 1. The Morgan fingerprint density at radius 2 is 1.64 bits per heavy atom. The van der Waals surface area contributed by atoms with Crippen LogP contribution in [0.1, 0.15) is 39.0 Å². The van der Waals surface area contributed by atoms with E-state index in [0.29, 0.717) is 26.0 Å². The number of carbonyl (C=O) groups excluding carboxylic acids is 2. The van der Waals surface area contributed by atoms with Gasteiger partial charge in [-0.2, -0.15) is 0 Å². The Hall–Kier alpha value is -2.15. The first-order valence-electron chi connectivity index (χ1n) is 10.3. The fourth-order valence-corrected chi connectivity index (χ4v) is 3.88. The van der Waals surface area contributed by atoms with Gasteiger partial charge in [0, 0.05) is 51.6 Å². The summed E-state index contributed by atoms with van der Waals surface area (Å²) >= 11 is 0. The van der Waals surface area contributed by atoms with Crippen LogP contribution < -0.4 is 9.64 Å². The van der Waals surface area contributed by atoms with E-state index in [4.69, 9.17) is 4.74 Å². The second-order valence-electron chi connectivity index (χ2n) is 7.37. The number of halogens is 1. The SMILES string of the molecule is CCOc1ccc(F)cc1N1CCN(CCCCCN2C(=O)CCC2=O)CC1. The van der Waals surface area contributed by atoms with Gasteiger partial charge in [-0.25, -0.2) is 4.39 Å². The number of carbonyl (C=O) groups is 2. The summed E-state index contributed by atoms with van der Waals surface area (Å²) in [5.74, 6) is 0.453. The smallest absolute Gasteiger partial charge is 0.229 e. The summed E-state index contributed by atoms with van der Waals surface area (Å²) in [6.45, 7) is 7.63. The molecule has 2 fully saturated rings. The number of likely N-dealkylation sites (tertiary alicyclic amines) is 1. The molecule has 0 atom stereocenters. The lowest BCUT2D eigenvalue weighted by Gasteiger charge is -2.36. The maximum Gasteiger partial charge on any atom is 0.229 e. The summed E-state index contributed by atoms with van der Waals surface area (Å²) in [4.78, 5) is 29.2. The molecular weight excluding hydrogens is 361 g/mol. The molecule has 28 heavy (non-hydrogen) atoms. The number of hydrogen-bond donors (Lipinski definition) is 0. The normalized spacial score (nSPS) is 18.2. The van der Waals surface area contributed by atoms with Crippen molar-refractivity contribution < 1.29 is 18.7 Å². The monoisotopic (exact) mass is 391 g/mol. The number of ether oxygens (including phenoxy) is 1. The fourth-order valence-electron chi connectivity index (χ4n) is 3.88. The van der Waals surface area contributed by atoms with E-state index in [1.807, 2.05) is 6.92 Å². The van der Waals surface area contributed by atoms with Crippen molar-refractivity contribution in [1.29, 1.82) is 0 Å². The molecule has 0 N–H and O–H groups in total. The predicted octanol–water partition coefficient (Wildman–Crippen LogP) is 2.67. The lowest BCUT2D eigenvalue weighted by atomic mass is 10.2. The molecule has 2 amide bonds. The number of rotatable bonds is 9. The van der Waals surface area contributed by atoms with E-state index in [-0.39, 0.29) is 17.6 Å². The Balaban J connectivity index is 1.37. The summed E-state index contributed by atoms with van der Waals surface area (Å²) in [6, 6.07) is 4.70. The highest BCUT2D eigenvalue weighted by molar-refractivity contribution is 6.01. The molecule has 0 bridgehead atoms. The van der Waals surface area contributed by atoms with Crippen LogP contribution in [0.2, 0.25) is 0 Å². The number of piperazine rings is 1. The summed E-state index contributed by atoms with van der Waals surface area (Å²) in [6.07, 6.45) is 3.69. The van der Waals surface area contributed by atoms with Gasteiger partial charge in [0.2, 0.25) is 11.8 Å². The van der Waals surface area contributed by atoms with Crippen LogP contribution in [0, 0.1) is 5.82 Å². The topological polar surface area (TPSA) is 53.1 Å². The molecule has 6 nitrogen and oxygen atoms in total. The third-order valence-electron chi connectivity index (χ3n) is 5.44. The van der Waals surface area contributed by atoms with Gasteiger partial charge in [-0.1, -0.05) is 6.42 Å². The number of anilines is 1. The highest BCUT2D eigenvalue weighted by Crippen LogP contribution is 2.30. The summed E-state index contributed by atoms with van der Waals surface area (Å²) < 4.78 is 19.3. The molecule has 0 spiro atoms. The summed E-state index contributed by atoms with van der Waals surface area (Å²) in [5, 5.41) is 0. The molecule has 2 aliphatic rings. The number of nitrogens with zero attached hydrogens (tertiary/aromatic N) is 3. The van der Waals surface area contributed by atoms with Crippen molar-refractivity contribution in [2.45, 2.75) is 39.0 Å². The van der Waals surface area contributed by atoms with Gasteiger partial charge in [0.1, 0.15) is 11.6 Å². The Morgan fingerprint density at radius 1 is 0.964 bits per heavy atom. The molecule has 2 saturated heterocycles. The number of amides is 2. The van der Waals surface area contributed by atoms with E-state index in [1.54, 1.807) is 12.1 Å². The number of hydrogen-bond acceptors (Lipinski definition) is 5. The van der Waals surface area contributed by atoms with E-state index < -0.39 is 0 Å². The van der Waals surface area contributed by atoms with Crippen LogP contribution in [0.4, 0.5) is 10.1 Å². The van der Waals surface area contributed by atoms with Crippen molar-refractivity contribution in [1.82, 2.24) is 9.80 Å². The standard InChI is InChI=1S/C21H30FN3O3/c1-2-28-19-7-6-17(22)16-18(19)24-14-12-23(13-15-24)10-4-3-5-11-25-20(26)8-9-21(25)27/h6-7,16H,2-5,8-15H2,1H3. The van der Waals surface area contributed by atoms with Crippen molar-refractivity contribution in [3.8, 4) is 5.75 Å². The Labute approximate surface area is 166 Å². The molecule has 0 aromatic heterocycles. The molecule has 1 aromatic rings. The van der Waals surface area contributed by atoms with Gasteiger partial charge in [-0.05, 0) is 38.4 Å². The van der Waals surface area contributed by atoms with Crippen molar-refractivity contribution in [2.75, 3.05) is 50.8 Å². The van der Waals surface area contributed by atoms with Crippen molar-refractivity contribution in [2.24, 2.45) is 0 Å². The quantitative estimate of drug-likeness (QED) is 0.479. The second-order valence-corrected chi connectivity index (χ2v) is 7.37. The average molecular weight is 391 g/mol. The third kappa shape index (κ3) is 5.22. The van der Waals surface area contributed by atoms with Crippen molar-refractivity contribution in [3.05, 3.63) is 24.0 Å². The van der Waals surface area contributed by atoms with E-state index >= 15 is 0 Å². The second kappa shape index (κ2) is 9.87.